The lowest BCUT2D eigenvalue weighted by Crippen LogP contribution is -2.60. The van der Waals surface area contributed by atoms with Gasteiger partial charge in [0.25, 0.3) is 0 Å². The van der Waals surface area contributed by atoms with Crippen LogP contribution in [-0.2, 0) is 0 Å². The van der Waals surface area contributed by atoms with Crippen LogP contribution in [-0.4, -0.2) is 25.2 Å². The number of halogens is 1. The summed E-state index contributed by atoms with van der Waals surface area (Å²) >= 11 is 2.37. The molecule has 2 nitrogen and oxygen atoms in total. The Kier molecular flexibility index (Phi) is 4.77. The average Bonchev–Trinajstić information content (AvgIpc) is 2.38. The highest BCUT2D eigenvalue weighted by Crippen LogP contribution is 2.28. The van der Waals surface area contributed by atoms with Crippen LogP contribution in [0.1, 0.15) is 34.1 Å². The summed E-state index contributed by atoms with van der Waals surface area (Å²) in [4.78, 5) is 2.59. The van der Waals surface area contributed by atoms with E-state index in [0.29, 0.717) is 17.5 Å². The molecule has 2 rings (SSSR count). The zero-order valence-corrected chi connectivity index (χ0v) is 14.6. The molecule has 1 fully saturated rings. The van der Waals surface area contributed by atoms with Gasteiger partial charge in [0, 0.05) is 34.4 Å². The summed E-state index contributed by atoms with van der Waals surface area (Å²) in [5, 5.41) is 3.73. The van der Waals surface area contributed by atoms with Crippen molar-refractivity contribution >= 4 is 28.3 Å². The van der Waals surface area contributed by atoms with Crippen molar-refractivity contribution in [2.45, 2.75) is 46.2 Å². The lowest BCUT2D eigenvalue weighted by molar-refractivity contribution is 0.233. The standard InChI is InChI=1S/C16H25IN2/c1-5-13-10-18-15(16(2,3)4)11-19(13)14-8-6-12(17)7-9-14/h6-9,13,15,18H,5,10-11H2,1-4H3. The smallest absolute Gasteiger partial charge is 0.0412 e. The second-order valence-electron chi connectivity index (χ2n) is 6.52. The van der Waals surface area contributed by atoms with Crippen LogP contribution in [0.3, 0.4) is 0 Å². The van der Waals surface area contributed by atoms with Gasteiger partial charge in [-0.2, -0.15) is 0 Å². The molecule has 19 heavy (non-hydrogen) atoms. The zero-order valence-electron chi connectivity index (χ0n) is 12.4. The fourth-order valence-corrected chi connectivity index (χ4v) is 3.05. The third kappa shape index (κ3) is 3.63. The van der Waals surface area contributed by atoms with Gasteiger partial charge in [0.15, 0.2) is 0 Å². The topological polar surface area (TPSA) is 15.3 Å². The van der Waals surface area contributed by atoms with Gasteiger partial charge in [-0.15, -0.1) is 0 Å². The summed E-state index contributed by atoms with van der Waals surface area (Å²) in [6.07, 6.45) is 1.19. The maximum Gasteiger partial charge on any atom is 0.0412 e. The molecule has 1 aromatic carbocycles. The first-order chi connectivity index (χ1) is 8.91. The second-order valence-corrected chi connectivity index (χ2v) is 7.76. The number of nitrogens with zero attached hydrogens (tertiary/aromatic N) is 1. The minimum Gasteiger partial charge on any atom is -0.366 e. The van der Waals surface area contributed by atoms with Crippen LogP contribution < -0.4 is 10.2 Å². The van der Waals surface area contributed by atoms with E-state index in [9.17, 15) is 0 Å². The predicted molar refractivity (Wildman–Crippen MR) is 91.8 cm³/mol. The van der Waals surface area contributed by atoms with E-state index in [-0.39, 0.29) is 0 Å². The normalized spacial score (nSPS) is 24.6. The summed E-state index contributed by atoms with van der Waals surface area (Å²) in [6, 6.07) is 10.1. The summed E-state index contributed by atoms with van der Waals surface area (Å²) in [5.41, 5.74) is 1.67. The molecule has 2 atom stereocenters. The Morgan fingerprint density at radius 3 is 2.42 bits per heavy atom. The van der Waals surface area contributed by atoms with E-state index in [1.165, 1.54) is 15.7 Å². The van der Waals surface area contributed by atoms with Gasteiger partial charge in [-0.05, 0) is 58.7 Å². The highest BCUT2D eigenvalue weighted by Gasteiger charge is 2.33. The first-order valence-electron chi connectivity index (χ1n) is 7.17. The van der Waals surface area contributed by atoms with Crippen molar-refractivity contribution in [2.24, 2.45) is 5.41 Å². The van der Waals surface area contributed by atoms with E-state index in [1.54, 1.807) is 0 Å². The van der Waals surface area contributed by atoms with Gasteiger partial charge in [-0.3, -0.25) is 0 Å². The van der Waals surface area contributed by atoms with E-state index in [2.05, 4.69) is 84.8 Å². The Labute approximate surface area is 131 Å². The third-order valence-electron chi connectivity index (χ3n) is 4.09. The van der Waals surface area contributed by atoms with Gasteiger partial charge in [0.05, 0.1) is 0 Å². The van der Waals surface area contributed by atoms with Crippen LogP contribution in [0.25, 0.3) is 0 Å². The predicted octanol–water partition coefficient (Wildman–Crippen LogP) is 3.89. The number of hydrogen-bond donors (Lipinski definition) is 1. The van der Waals surface area contributed by atoms with Crippen molar-refractivity contribution in [3.05, 3.63) is 27.8 Å². The highest BCUT2D eigenvalue weighted by atomic mass is 127. The largest absolute Gasteiger partial charge is 0.366 e. The van der Waals surface area contributed by atoms with Crippen molar-refractivity contribution in [3.63, 3.8) is 0 Å². The Balaban J connectivity index is 2.21. The molecule has 1 N–H and O–H groups in total. The summed E-state index contributed by atoms with van der Waals surface area (Å²) in [6.45, 7) is 11.4. The number of benzene rings is 1. The molecule has 1 aromatic rings. The number of nitrogens with one attached hydrogen (secondary N) is 1. The zero-order chi connectivity index (χ0) is 14.0. The molecule has 3 heteroatoms. The molecule has 0 amide bonds. The van der Waals surface area contributed by atoms with Crippen LogP contribution in [0.2, 0.25) is 0 Å². The molecule has 1 saturated heterocycles. The molecule has 2 unspecified atom stereocenters. The monoisotopic (exact) mass is 372 g/mol. The van der Waals surface area contributed by atoms with Gasteiger partial charge in [0.2, 0.25) is 0 Å². The molecule has 0 bridgehead atoms. The molecule has 0 aromatic heterocycles. The van der Waals surface area contributed by atoms with E-state index in [0.717, 1.165) is 13.1 Å². The fraction of sp³-hybridized carbons (Fsp3) is 0.625. The maximum atomic E-state index is 3.73. The van der Waals surface area contributed by atoms with Crippen LogP contribution in [0.5, 0.6) is 0 Å². The maximum absolute atomic E-state index is 3.73. The quantitative estimate of drug-likeness (QED) is 0.793. The number of anilines is 1. The molecule has 0 spiro atoms. The van der Waals surface area contributed by atoms with E-state index < -0.39 is 0 Å². The van der Waals surface area contributed by atoms with E-state index in [4.69, 9.17) is 0 Å². The van der Waals surface area contributed by atoms with Crippen LogP contribution in [0, 0.1) is 8.99 Å². The molecule has 0 aliphatic carbocycles. The molecule has 106 valence electrons. The Bertz CT molecular complexity index is 408. The Morgan fingerprint density at radius 2 is 1.89 bits per heavy atom. The van der Waals surface area contributed by atoms with Crippen LogP contribution >= 0.6 is 22.6 Å². The minimum absolute atomic E-state index is 0.306. The SMILES string of the molecule is CCC1CNC(C(C)(C)C)CN1c1ccc(I)cc1. The highest BCUT2D eigenvalue weighted by molar-refractivity contribution is 14.1. The number of hydrogen-bond acceptors (Lipinski definition) is 2. The summed E-state index contributed by atoms with van der Waals surface area (Å²) < 4.78 is 1.30. The Hall–Kier alpha value is -0.290. The number of piperazine rings is 1. The third-order valence-corrected chi connectivity index (χ3v) is 4.81. The van der Waals surface area contributed by atoms with Crippen molar-refractivity contribution < 1.29 is 0 Å². The first kappa shape index (κ1) is 15.1. The first-order valence-corrected chi connectivity index (χ1v) is 8.25. The van der Waals surface area contributed by atoms with Gasteiger partial charge >= 0.3 is 0 Å². The van der Waals surface area contributed by atoms with Crippen LogP contribution in [0.4, 0.5) is 5.69 Å². The fourth-order valence-electron chi connectivity index (χ4n) is 2.69. The lowest BCUT2D eigenvalue weighted by Gasteiger charge is -2.46. The number of rotatable bonds is 2. The molecule has 0 radical (unpaired) electrons. The van der Waals surface area contributed by atoms with Crippen molar-refractivity contribution in [2.75, 3.05) is 18.0 Å². The van der Waals surface area contributed by atoms with Gasteiger partial charge in [-0.1, -0.05) is 27.7 Å². The lowest BCUT2D eigenvalue weighted by atomic mass is 9.84. The molecule has 0 saturated carbocycles. The summed E-state index contributed by atoms with van der Waals surface area (Å²) in [7, 11) is 0. The van der Waals surface area contributed by atoms with Crippen molar-refractivity contribution in [1.29, 1.82) is 0 Å². The molecule has 1 aliphatic heterocycles. The van der Waals surface area contributed by atoms with Gasteiger partial charge in [0.1, 0.15) is 0 Å². The average molecular weight is 372 g/mol. The molecule has 1 heterocycles. The van der Waals surface area contributed by atoms with E-state index in [1.807, 2.05) is 0 Å². The summed E-state index contributed by atoms with van der Waals surface area (Å²) in [5.74, 6) is 0. The minimum atomic E-state index is 0.306. The van der Waals surface area contributed by atoms with E-state index >= 15 is 0 Å². The van der Waals surface area contributed by atoms with Crippen LogP contribution in [0.15, 0.2) is 24.3 Å². The van der Waals surface area contributed by atoms with Crippen molar-refractivity contribution in [1.82, 2.24) is 5.32 Å². The molecular formula is C16H25IN2. The van der Waals surface area contributed by atoms with Gasteiger partial charge in [-0.25, -0.2) is 0 Å². The molecular weight excluding hydrogens is 347 g/mol. The van der Waals surface area contributed by atoms with Crippen molar-refractivity contribution in [3.8, 4) is 0 Å². The Morgan fingerprint density at radius 1 is 1.26 bits per heavy atom. The second kappa shape index (κ2) is 6.00. The van der Waals surface area contributed by atoms with Gasteiger partial charge < -0.3 is 10.2 Å². The molecule has 1 aliphatic rings.